The maximum absolute atomic E-state index is 8.36. The molecule has 0 spiro atoms. The normalized spacial score (nSPS) is 11.5. The summed E-state index contributed by atoms with van der Waals surface area (Å²) in [5.41, 5.74) is 5.41. The number of aromatic nitrogens is 2. The Morgan fingerprint density at radius 3 is 2.33 bits per heavy atom. The first-order chi connectivity index (χ1) is 14.2. The Morgan fingerprint density at radius 2 is 1.80 bits per heavy atom. The fourth-order valence-electron chi connectivity index (χ4n) is 3.32. The summed E-state index contributed by atoms with van der Waals surface area (Å²) in [7, 11) is 0. The molecule has 0 aliphatic heterocycles. The van der Waals surface area contributed by atoms with Gasteiger partial charge in [0.15, 0.2) is 0 Å². The van der Waals surface area contributed by atoms with Crippen LogP contribution in [0.3, 0.4) is 0 Å². The van der Waals surface area contributed by atoms with E-state index in [1.165, 1.54) is 27.1 Å². The molecule has 8 heteroatoms. The Labute approximate surface area is 186 Å². The molecule has 2 aromatic carbocycles. The smallest absolute Gasteiger partial charge is 0.291 e. The molecule has 0 amide bonds. The van der Waals surface area contributed by atoms with Crippen LogP contribution in [0.25, 0.3) is 0 Å². The van der Waals surface area contributed by atoms with Gasteiger partial charge in [0.05, 0.1) is 6.33 Å². The SMILES string of the molecule is Cc1cc(C)c(SC(CCc2ccc(Cl)cc2)Cn2ccnc2)c(C)c1.O=[N+]([O-])O. The zero-order valence-corrected chi connectivity index (χ0v) is 18.9. The van der Waals surface area contributed by atoms with Crippen LogP contribution in [0.15, 0.2) is 60.0 Å². The van der Waals surface area contributed by atoms with Gasteiger partial charge in [0.25, 0.3) is 5.09 Å². The maximum Gasteiger partial charge on any atom is 0.291 e. The first kappa shape index (κ1) is 23.8. The topological polar surface area (TPSA) is 81.2 Å². The molecule has 0 radical (unpaired) electrons. The van der Waals surface area contributed by atoms with Gasteiger partial charge in [-0.15, -0.1) is 21.9 Å². The lowest BCUT2D eigenvalue weighted by Crippen LogP contribution is -2.14. The standard InChI is InChI=1S/C22H25ClN2S.HNO3/c1-16-12-17(2)22(18(3)13-16)26-21(14-25-11-10-24-15-25)9-6-19-4-7-20(23)8-5-19;2-1(3)4/h4-5,7-8,10-13,15,21H,6,9,14H2,1-3H3;(H,2,3,4). The van der Waals surface area contributed by atoms with Crippen molar-refractivity contribution in [3.63, 3.8) is 0 Å². The van der Waals surface area contributed by atoms with Crippen molar-refractivity contribution in [2.75, 3.05) is 0 Å². The first-order valence-corrected chi connectivity index (χ1v) is 10.8. The van der Waals surface area contributed by atoms with Crippen LogP contribution >= 0.6 is 23.4 Å². The van der Waals surface area contributed by atoms with Crippen LogP contribution in [-0.2, 0) is 13.0 Å². The van der Waals surface area contributed by atoms with Gasteiger partial charge in [-0.1, -0.05) is 41.4 Å². The number of aryl methyl sites for hydroxylation is 4. The zero-order chi connectivity index (χ0) is 22.1. The van der Waals surface area contributed by atoms with Gasteiger partial charge in [-0.2, -0.15) is 0 Å². The molecule has 0 fully saturated rings. The van der Waals surface area contributed by atoms with Gasteiger partial charge in [0.2, 0.25) is 0 Å². The molecule has 0 bridgehead atoms. The highest BCUT2D eigenvalue weighted by atomic mass is 35.5. The van der Waals surface area contributed by atoms with Gasteiger partial charge in [-0.25, -0.2) is 4.98 Å². The summed E-state index contributed by atoms with van der Waals surface area (Å²) in [5, 5.41) is 14.9. The molecular weight excluding hydrogens is 422 g/mol. The fourth-order valence-corrected chi connectivity index (χ4v) is 4.75. The van der Waals surface area contributed by atoms with Crippen LogP contribution < -0.4 is 0 Å². The number of hydrogen-bond donors (Lipinski definition) is 1. The summed E-state index contributed by atoms with van der Waals surface area (Å²) in [6.07, 6.45) is 7.96. The summed E-state index contributed by atoms with van der Waals surface area (Å²) in [6, 6.07) is 12.8. The van der Waals surface area contributed by atoms with E-state index in [4.69, 9.17) is 26.9 Å². The van der Waals surface area contributed by atoms with Crippen molar-refractivity contribution in [3.8, 4) is 0 Å². The Hall–Kier alpha value is -2.51. The Bertz CT molecular complexity index is 920. The molecule has 1 atom stereocenters. The molecule has 1 heterocycles. The van der Waals surface area contributed by atoms with E-state index in [-0.39, 0.29) is 0 Å². The number of hydrogen-bond acceptors (Lipinski definition) is 4. The minimum atomic E-state index is -1.50. The number of imidazole rings is 1. The lowest BCUT2D eigenvalue weighted by molar-refractivity contribution is -0.742. The second-order valence-corrected chi connectivity index (χ2v) is 8.88. The molecule has 1 N–H and O–H groups in total. The van der Waals surface area contributed by atoms with Crippen molar-refractivity contribution in [1.82, 2.24) is 9.55 Å². The average Bonchev–Trinajstić information content (AvgIpc) is 3.16. The Morgan fingerprint density at radius 1 is 1.20 bits per heavy atom. The highest BCUT2D eigenvalue weighted by Gasteiger charge is 2.15. The van der Waals surface area contributed by atoms with E-state index in [1.54, 1.807) is 0 Å². The molecular formula is C22H26ClN3O3S. The number of rotatable bonds is 7. The van der Waals surface area contributed by atoms with E-state index >= 15 is 0 Å². The number of nitrogens with zero attached hydrogens (tertiary/aromatic N) is 3. The summed E-state index contributed by atoms with van der Waals surface area (Å²) in [4.78, 5) is 14.0. The largest absolute Gasteiger partial charge is 0.336 e. The summed E-state index contributed by atoms with van der Waals surface area (Å²) < 4.78 is 2.18. The molecule has 30 heavy (non-hydrogen) atoms. The summed E-state index contributed by atoms with van der Waals surface area (Å²) in [6.45, 7) is 7.56. The van der Waals surface area contributed by atoms with Crippen LogP contribution in [0.4, 0.5) is 0 Å². The van der Waals surface area contributed by atoms with E-state index in [2.05, 4.69) is 54.6 Å². The average molecular weight is 448 g/mol. The quantitative estimate of drug-likeness (QED) is 0.276. The van der Waals surface area contributed by atoms with Gasteiger partial charge in [0, 0.05) is 34.1 Å². The third kappa shape index (κ3) is 8.08. The minimum Gasteiger partial charge on any atom is -0.336 e. The predicted molar refractivity (Wildman–Crippen MR) is 121 cm³/mol. The van der Waals surface area contributed by atoms with Crippen molar-refractivity contribution >= 4 is 23.4 Å². The van der Waals surface area contributed by atoms with E-state index in [1.807, 2.05) is 42.6 Å². The van der Waals surface area contributed by atoms with Crippen LogP contribution in [0, 0.1) is 30.9 Å². The second kappa shape index (κ2) is 11.6. The number of halogens is 1. The van der Waals surface area contributed by atoms with E-state index < -0.39 is 5.09 Å². The van der Waals surface area contributed by atoms with Crippen LogP contribution in [-0.4, -0.2) is 25.1 Å². The monoisotopic (exact) mass is 447 g/mol. The van der Waals surface area contributed by atoms with E-state index in [9.17, 15) is 0 Å². The molecule has 0 saturated heterocycles. The minimum absolute atomic E-state index is 0.486. The molecule has 6 nitrogen and oxygen atoms in total. The number of benzene rings is 2. The number of thioether (sulfide) groups is 1. The molecule has 0 saturated carbocycles. The molecule has 0 aliphatic carbocycles. The lowest BCUT2D eigenvalue weighted by Gasteiger charge is -2.20. The molecule has 1 unspecified atom stereocenters. The highest BCUT2D eigenvalue weighted by Crippen LogP contribution is 2.33. The van der Waals surface area contributed by atoms with Crippen molar-refractivity contribution in [2.45, 2.75) is 50.3 Å². The van der Waals surface area contributed by atoms with Gasteiger partial charge in [-0.05, 0) is 62.4 Å². The third-order valence-electron chi connectivity index (χ3n) is 4.53. The van der Waals surface area contributed by atoms with E-state index in [0.29, 0.717) is 5.25 Å². The van der Waals surface area contributed by atoms with E-state index in [0.717, 1.165) is 24.4 Å². The fraction of sp³-hybridized carbons (Fsp3) is 0.318. The van der Waals surface area contributed by atoms with Gasteiger partial charge in [0.1, 0.15) is 0 Å². The molecule has 160 valence electrons. The zero-order valence-electron chi connectivity index (χ0n) is 17.3. The van der Waals surface area contributed by atoms with Crippen LogP contribution in [0.1, 0.15) is 28.7 Å². The van der Waals surface area contributed by atoms with Crippen molar-refractivity contribution in [3.05, 3.63) is 92.5 Å². The lowest BCUT2D eigenvalue weighted by atomic mass is 10.1. The van der Waals surface area contributed by atoms with Crippen molar-refractivity contribution < 1.29 is 10.3 Å². The summed E-state index contributed by atoms with van der Waals surface area (Å²) in [5.74, 6) is 0. The van der Waals surface area contributed by atoms with Gasteiger partial charge >= 0.3 is 0 Å². The highest BCUT2D eigenvalue weighted by molar-refractivity contribution is 8.00. The molecule has 0 aliphatic rings. The Balaban J connectivity index is 0.000000735. The van der Waals surface area contributed by atoms with Gasteiger partial charge in [-0.3, -0.25) is 0 Å². The third-order valence-corrected chi connectivity index (χ3v) is 6.38. The van der Waals surface area contributed by atoms with Crippen LogP contribution in [0.2, 0.25) is 5.02 Å². The molecule has 3 rings (SSSR count). The predicted octanol–water partition coefficient (Wildman–Crippen LogP) is 5.91. The molecule has 1 aromatic heterocycles. The van der Waals surface area contributed by atoms with Crippen LogP contribution in [0.5, 0.6) is 0 Å². The van der Waals surface area contributed by atoms with Gasteiger partial charge < -0.3 is 9.77 Å². The second-order valence-electron chi connectivity index (χ2n) is 7.13. The van der Waals surface area contributed by atoms with Crippen molar-refractivity contribution in [2.24, 2.45) is 0 Å². The van der Waals surface area contributed by atoms with Crippen molar-refractivity contribution in [1.29, 1.82) is 0 Å². The molecule has 3 aromatic rings. The maximum atomic E-state index is 8.36. The summed E-state index contributed by atoms with van der Waals surface area (Å²) >= 11 is 8.01. The first-order valence-electron chi connectivity index (χ1n) is 9.52. The Kier molecular flexibility index (Phi) is 9.20.